The molecule has 6 heteroatoms. The van der Waals surface area contributed by atoms with Gasteiger partial charge in [0, 0.05) is 30.0 Å². The first kappa shape index (κ1) is 18.7. The van der Waals surface area contributed by atoms with Crippen LogP contribution in [0.15, 0.2) is 24.3 Å². The highest BCUT2D eigenvalue weighted by Crippen LogP contribution is 2.59. The van der Waals surface area contributed by atoms with Crippen molar-refractivity contribution in [1.29, 1.82) is 0 Å². The lowest BCUT2D eigenvalue weighted by molar-refractivity contribution is -0.0160. The van der Waals surface area contributed by atoms with E-state index >= 15 is 0 Å². The van der Waals surface area contributed by atoms with Gasteiger partial charge in [-0.05, 0) is 32.1 Å². The predicted octanol–water partition coefficient (Wildman–Crippen LogP) is 1.74. The van der Waals surface area contributed by atoms with Gasteiger partial charge in [-0.25, -0.2) is 0 Å². The molecule has 148 valence electrons. The number of benzene rings is 1. The van der Waals surface area contributed by atoms with Crippen molar-refractivity contribution in [3.05, 3.63) is 35.4 Å². The highest BCUT2D eigenvalue weighted by molar-refractivity contribution is 5.61. The first-order valence-corrected chi connectivity index (χ1v) is 9.53. The molecule has 1 aliphatic heterocycles. The number of rotatable bonds is 7. The number of aliphatic hydroxyl groups is 1. The van der Waals surface area contributed by atoms with Crippen molar-refractivity contribution in [2.75, 3.05) is 41.2 Å². The molecule has 1 unspecified atom stereocenters. The molecule has 2 aliphatic carbocycles. The molecule has 1 heterocycles. The van der Waals surface area contributed by atoms with Crippen molar-refractivity contribution >= 4 is 0 Å². The molecule has 27 heavy (non-hydrogen) atoms. The summed E-state index contributed by atoms with van der Waals surface area (Å²) in [5.74, 6) is 1.72. The Labute approximate surface area is 160 Å². The summed E-state index contributed by atoms with van der Waals surface area (Å²) in [6.45, 7) is 3.37. The van der Waals surface area contributed by atoms with Crippen molar-refractivity contribution in [1.82, 2.24) is 4.90 Å². The minimum atomic E-state index is -0.627. The molecule has 6 nitrogen and oxygen atoms in total. The fraction of sp³-hybridized carbons (Fsp3) is 0.619. The Balaban J connectivity index is 1.68. The second-order valence-corrected chi connectivity index (χ2v) is 8.05. The van der Waals surface area contributed by atoms with Gasteiger partial charge >= 0.3 is 0 Å². The third-order valence-corrected chi connectivity index (χ3v) is 6.34. The first-order valence-electron chi connectivity index (χ1n) is 9.53. The summed E-state index contributed by atoms with van der Waals surface area (Å²) in [6.07, 6.45) is 4.09. The molecule has 1 N–H and O–H groups in total. The number of likely N-dealkylation sites (N-methyl/N-ethyl adjacent to an activating group) is 1. The fourth-order valence-corrected chi connectivity index (χ4v) is 4.99. The second kappa shape index (κ2) is 7.09. The number of methoxy groups -OCH3 is 1. The summed E-state index contributed by atoms with van der Waals surface area (Å²) in [5, 5.41) is 10.6. The van der Waals surface area contributed by atoms with Gasteiger partial charge < -0.3 is 29.0 Å². The maximum Gasteiger partial charge on any atom is 0.189 e. The van der Waals surface area contributed by atoms with Crippen molar-refractivity contribution in [2.45, 2.75) is 37.0 Å². The Morgan fingerprint density at radius 1 is 1.26 bits per heavy atom. The molecule has 0 radical (unpaired) electrons. The summed E-state index contributed by atoms with van der Waals surface area (Å²) < 4.78 is 22.6. The SMILES string of the molecule is COCCOCOc1ccc2c3c1O[C@H]1[C@@H](O)C=CC([C@H](N(C)C)C2)[C@@]31C. The van der Waals surface area contributed by atoms with Crippen LogP contribution >= 0.6 is 0 Å². The van der Waals surface area contributed by atoms with Crippen molar-refractivity contribution in [3.63, 3.8) is 0 Å². The van der Waals surface area contributed by atoms with Gasteiger partial charge in [-0.2, -0.15) is 0 Å². The van der Waals surface area contributed by atoms with Crippen molar-refractivity contribution in [2.24, 2.45) is 5.92 Å². The second-order valence-electron chi connectivity index (χ2n) is 8.05. The maximum absolute atomic E-state index is 10.6. The predicted molar refractivity (Wildman–Crippen MR) is 101 cm³/mol. The van der Waals surface area contributed by atoms with Gasteiger partial charge in [-0.3, -0.25) is 0 Å². The van der Waals surface area contributed by atoms with Crippen LogP contribution in [0.4, 0.5) is 0 Å². The minimum absolute atomic E-state index is 0.143. The average molecular weight is 375 g/mol. The van der Waals surface area contributed by atoms with Gasteiger partial charge in [0.05, 0.1) is 13.2 Å². The number of aliphatic hydroxyl groups excluding tert-OH is 1. The van der Waals surface area contributed by atoms with Gasteiger partial charge in [0.1, 0.15) is 12.2 Å². The summed E-state index contributed by atoms with van der Waals surface area (Å²) in [7, 11) is 5.89. The average Bonchev–Trinajstić information content (AvgIpc) is 2.97. The molecule has 1 aromatic carbocycles. The van der Waals surface area contributed by atoms with Crippen LogP contribution in [-0.4, -0.2) is 69.5 Å². The quantitative estimate of drug-likeness (QED) is 0.445. The van der Waals surface area contributed by atoms with E-state index in [1.807, 2.05) is 12.1 Å². The number of ether oxygens (including phenoxy) is 4. The monoisotopic (exact) mass is 375 g/mol. The van der Waals surface area contributed by atoms with Gasteiger partial charge in [0.25, 0.3) is 0 Å². The lowest BCUT2D eigenvalue weighted by atomic mass is 9.57. The molecule has 1 aromatic rings. The van der Waals surface area contributed by atoms with Crippen molar-refractivity contribution in [3.8, 4) is 11.5 Å². The van der Waals surface area contributed by atoms with Gasteiger partial charge in [-0.1, -0.05) is 25.1 Å². The molecule has 0 amide bonds. The van der Waals surface area contributed by atoms with E-state index in [1.165, 1.54) is 11.1 Å². The van der Waals surface area contributed by atoms with Crippen LogP contribution in [0.25, 0.3) is 0 Å². The molecule has 0 spiro atoms. The number of hydrogen-bond acceptors (Lipinski definition) is 6. The zero-order chi connectivity index (χ0) is 19.2. The molecule has 0 aromatic heterocycles. The van der Waals surface area contributed by atoms with E-state index in [1.54, 1.807) is 7.11 Å². The smallest absolute Gasteiger partial charge is 0.189 e. The molecule has 5 atom stereocenters. The Kier molecular flexibility index (Phi) is 4.93. The normalized spacial score (nSPS) is 33.1. The molecule has 3 aliphatic rings. The minimum Gasteiger partial charge on any atom is -0.482 e. The van der Waals surface area contributed by atoms with Crippen LogP contribution < -0.4 is 9.47 Å². The summed E-state index contributed by atoms with van der Waals surface area (Å²) in [5.41, 5.74) is 2.19. The van der Waals surface area contributed by atoms with Gasteiger partial charge in [-0.15, -0.1) is 0 Å². The standard InChI is InChI=1S/C21H29NO5/c1-21-14-6-7-16(23)20(21)27-19-17(26-12-25-10-9-24-4)8-5-13(18(19)21)11-15(14)22(2)3/h5-8,14-16,20,23H,9-12H2,1-4H3/t14?,15-,16+,20+,21+/m1/s1. The Hall–Kier alpha value is -1.60. The van der Waals surface area contributed by atoms with Crippen LogP contribution in [-0.2, 0) is 21.3 Å². The third kappa shape index (κ3) is 2.86. The van der Waals surface area contributed by atoms with Gasteiger partial charge in [0.15, 0.2) is 18.3 Å². The Bertz CT molecular complexity index is 734. The third-order valence-electron chi connectivity index (χ3n) is 6.34. The Morgan fingerprint density at radius 3 is 2.81 bits per heavy atom. The van der Waals surface area contributed by atoms with Crippen molar-refractivity contribution < 1.29 is 24.1 Å². The van der Waals surface area contributed by atoms with Crippen LogP contribution in [0.5, 0.6) is 11.5 Å². The highest BCUT2D eigenvalue weighted by Gasteiger charge is 2.60. The molecule has 0 saturated carbocycles. The molecular formula is C21H29NO5. The number of hydrogen-bond donors (Lipinski definition) is 1. The number of nitrogens with zero attached hydrogens (tertiary/aromatic N) is 1. The van der Waals surface area contributed by atoms with E-state index in [0.29, 0.717) is 25.0 Å². The molecule has 0 fully saturated rings. The lowest BCUT2D eigenvalue weighted by Crippen LogP contribution is -2.58. The first-order chi connectivity index (χ1) is 13.0. The van der Waals surface area contributed by atoms with E-state index in [-0.39, 0.29) is 24.2 Å². The van der Waals surface area contributed by atoms with Crippen LogP contribution in [0, 0.1) is 5.92 Å². The van der Waals surface area contributed by atoms with E-state index in [4.69, 9.17) is 18.9 Å². The maximum atomic E-state index is 10.6. The zero-order valence-corrected chi connectivity index (χ0v) is 16.5. The molecule has 0 saturated heterocycles. The van der Waals surface area contributed by atoms with Gasteiger partial charge in [0.2, 0.25) is 0 Å². The van der Waals surface area contributed by atoms with E-state index in [2.05, 4.69) is 38.1 Å². The topological polar surface area (TPSA) is 60.4 Å². The summed E-state index contributed by atoms with van der Waals surface area (Å²) >= 11 is 0. The zero-order valence-electron chi connectivity index (χ0n) is 16.5. The van der Waals surface area contributed by atoms with E-state index in [0.717, 1.165) is 12.2 Å². The fourth-order valence-electron chi connectivity index (χ4n) is 4.99. The molecular weight excluding hydrogens is 346 g/mol. The molecule has 4 rings (SSSR count). The summed E-state index contributed by atoms with van der Waals surface area (Å²) in [6, 6.07) is 4.46. The lowest BCUT2D eigenvalue weighted by Gasteiger charge is -2.49. The Morgan fingerprint density at radius 2 is 2.07 bits per heavy atom. The highest BCUT2D eigenvalue weighted by atomic mass is 16.7. The van der Waals surface area contributed by atoms with Crippen LogP contribution in [0.3, 0.4) is 0 Å². The van der Waals surface area contributed by atoms with Crippen LogP contribution in [0.2, 0.25) is 0 Å². The van der Waals surface area contributed by atoms with Crippen LogP contribution in [0.1, 0.15) is 18.1 Å². The summed E-state index contributed by atoms with van der Waals surface area (Å²) in [4.78, 5) is 2.28. The molecule has 0 bridgehead atoms. The largest absolute Gasteiger partial charge is 0.482 e. The van der Waals surface area contributed by atoms with E-state index in [9.17, 15) is 5.11 Å². The van der Waals surface area contributed by atoms with E-state index < -0.39 is 6.10 Å².